The van der Waals surface area contributed by atoms with Crippen LogP contribution in [-0.2, 0) is 14.2 Å². The van der Waals surface area contributed by atoms with Crippen molar-refractivity contribution in [1.82, 2.24) is 0 Å². The second-order valence-electron chi connectivity index (χ2n) is 12.2. The van der Waals surface area contributed by atoms with E-state index in [1.807, 2.05) is 0 Å². The van der Waals surface area contributed by atoms with E-state index in [-0.39, 0.29) is 0 Å². The number of hydrogen-bond donors (Lipinski definition) is 0. The van der Waals surface area contributed by atoms with Crippen molar-refractivity contribution in [3.8, 4) is 0 Å². The van der Waals surface area contributed by atoms with Crippen LogP contribution in [0.4, 0.5) is 0 Å². The third kappa shape index (κ3) is 42.3. The molecule has 3 nitrogen and oxygen atoms in total. The molecule has 0 rings (SSSR count). The van der Waals surface area contributed by atoms with Crippen LogP contribution < -0.4 is 0 Å². The molecule has 0 aliphatic rings. The smallest absolute Gasteiger partial charge is 0.149 e. The van der Waals surface area contributed by atoms with E-state index in [1.54, 1.807) is 0 Å². The molecule has 0 unspecified atom stereocenters. The van der Waals surface area contributed by atoms with Gasteiger partial charge in [-0.3, -0.25) is 0 Å². The number of hydrogen-bond acceptors (Lipinski definition) is 3. The van der Waals surface area contributed by atoms with Crippen molar-refractivity contribution >= 4 is 31.9 Å². The number of unbranched alkanes of at least 4 members (excludes halogenated alkanes) is 24. The Balaban J connectivity index is 3.13. The van der Waals surface area contributed by atoms with E-state index in [1.165, 1.54) is 178 Å². The Morgan fingerprint density at radius 3 is 0.837 bits per heavy atom. The molecule has 0 aromatic carbocycles. The minimum atomic E-state index is 0.318. The first-order valence-corrected chi connectivity index (χ1v) is 20.8. The molecule has 0 saturated heterocycles. The minimum Gasteiger partial charge on any atom is -0.355 e. The SMILES string of the molecule is BrCCCCCCCCCCCCCCC=CCCOCOCOCCC=CCCCCCCCCCCCCCCBr. The molecule has 0 spiro atoms. The number of halogens is 2. The second kappa shape index (κ2) is 42.3. The predicted molar refractivity (Wildman–Crippen MR) is 198 cm³/mol. The highest BCUT2D eigenvalue weighted by Crippen LogP contribution is 2.14. The largest absolute Gasteiger partial charge is 0.355 e. The monoisotopic (exact) mass is 734 g/mol. The fraction of sp³-hybridized carbons (Fsp3) is 0.895. The average molecular weight is 737 g/mol. The van der Waals surface area contributed by atoms with E-state index in [4.69, 9.17) is 14.2 Å². The highest BCUT2D eigenvalue weighted by Gasteiger charge is 1.95. The van der Waals surface area contributed by atoms with Gasteiger partial charge in [0.05, 0.1) is 13.2 Å². The third-order valence-corrected chi connectivity index (χ3v) is 9.15. The van der Waals surface area contributed by atoms with Crippen LogP contribution in [0.2, 0.25) is 0 Å². The molecule has 0 N–H and O–H groups in total. The Kier molecular flexibility index (Phi) is 42.6. The maximum atomic E-state index is 5.53. The first kappa shape index (κ1) is 43.3. The molecule has 0 fully saturated rings. The van der Waals surface area contributed by atoms with Crippen molar-refractivity contribution in [2.24, 2.45) is 0 Å². The summed E-state index contributed by atoms with van der Waals surface area (Å²) >= 11 is 7.02. The maximum Gasteiger partial charge on any atom is 0.149 e. The Morgan fingerprint density at radius 2 is 0.535 bits per heavy atom. The van der Waals surface area contributed by atoms with E-state index in [9.17, 15) is 0 Å². The first-order chi connectivity index (χ1) is 21.4. The number of alkyl halides is 2. The summed E-state index contributed by atoms with van der Waals surface area (Å²) in [7, 11) is 0. The Labute approximate surface area is 286 Å². The van der Waals surface area contributed by atoms with Gasteiger partial charge in [0.2, 0.25) is 0 Å². The summed E-state index contributed by atoms with van der Waals surface area (Å²) in [4.78, 5) is 0. The summed E-state index contributed by atoms with van der Waals surface area (Å²) in [6.07, 6.45) is 47.1. The van der Waals surface area contributed by atoms with Crippen LogP contribution in [-0.4, -0.2) is 37.5 Å². The zero-order valence-electron chi connectivity index (χ0n) is 28.3. The van der Waals surface area contributed by atoms with Gasteiger partial charge in [-0.05, 0) is 51.4 Å². The summed E-state index contributed by atoms with van der Waals surface area (Å²) in [5.41, 5.74) is 0. The Bertz CT molecular complexity index is 495. The molecule has 0 aliphatic heterocycles. The van der Waals surface area contributed by atoms with Crippen LogP contribution in [0, 0.1) is 0 Å². The molecule has 0 heterocycles. The van der Waals surface area contributed by atoms with Gasteiger partial charge in [-0.25, -0.2) is 0 Å². The van der Waals surface area contributed by atoms with Gasteiger partial charge < -0.3 is 14.2 Å². The number of ether oxygens (including phenoxy) is 3. The van der Waals surface area contributed by atoms with Crippen molar-refractivity contribution in [1.29, 1.82) is 0 Å². The molecule has 43 heavy (non-hydrogen) atoms. The van der Waals surface area contributed by atoms with Crippen molar-refractivity contribution < 1.29 is 14.2 Å². The van der Waals surface area contributed by atoms with Crippen LogP contribution in [0.3, 0.4) is 0 Å². The number of allylic oxidation sites excluding steroid dienone is 2. The van der Waals surface area contributed by atoms with Gasteiger partial charge in [-0.1, -0.05) is 185 Å². The molecular formula is C38H72Br2O3. The van der Waals surface area contributed by atoms with Gasteiger partial charge in [-0.2, -0.15) is 0 Å². The third-order valence-electron chi connectivity index (χ3n) is 8.03. The molecule has 0 atom stereocenters. The average Bonchev–Trinajstić information content (AvgIpc) is 3.02. The van der Waals surface area contributed by atoms with E-state index in [0.29, 0.717) is 26.8 Å². The highest BCUT2D eigenvalue weighted by molar-refractivity contribution is 9.09. The summed E-state index contributed by atoms with van der Waals surface area (Å²) in [5, 5.41) is 2.33. The summed E-state index contributed by atoms with van der Waals surface area (Å²) < 4.78 is 16.5. The summed E-state index contributed by atoms with van der Waals surface area (Å²) in [6, 6.07) is 0. The number of rotatable bonds is 38. The van der Waals surface area contributed by atoms with Crippen LogP contribution in [0.5, 0.6) is 0 Å². The standard InChI is InChI=1S/C38H72Br2O3/c39-33-29-25-21-17-13-9-5-1-3-7-11-15-19-23-27-31-35-41-37-43-38-42-36-32-28-24-20-16-12-8-4-2-6-10-14-18-22-26-30-34-40/h23-24,27-28H,1-22,25-26,29-38H2. The van der Waals surface area contributed by atoms with Crippen LogP contribution in [0.1, 0.15) is 180 Å². The summed E-state index contributed by atoms with van der Waals surface area (Å²) in [5.74, 6) is 0. The lowest BCUT2D eigenvalue weighted by Gasteiger charge is -2.05. The predicted octanol–water partition coefficient (Wildman–Crippen LogP) is 13.8. The van der Waals surface area contributed by atoms with Crippen molar-refractivity contribution in [3.63, 3.8) is 0 Å². The zero-order valence-corrected chi connectivity index (χ0v) is 31.5. The Hall–Kier alpha value is 0.320. The zero-order chi connectivity index (χ0) is 31.0. The van der Waals surface area contributed by atoms with E-state index in [2.05, 4.69) is 56.2 Å². The van der Waals surface area contributed by atoms with Crippen LogP contribution in [0.25, 0.3) is 0 Å². The first-order valence-electron chi connectivity index (χ1n) is 18.6. The maximum absolute atomic E-state index is 5.53. The molecule has 0 bridgehead atoms. The fourth-order valence-electron chi connectivity index (χ4n) is 5.29. The second-order valence-corrected chi connectivity index (χ2v) is 13.8. The van der Waals surface area contributed by atoms with E-state index < -0.39 is 0 Å². The van der Waals surface area contributed by atoms with Crippen molar-refractivity contribution in [2.45, 2.75) is 180 Å². The lowest BCUT2D eigenvalue weighted by Crippen LogP contribution is -2.05. The van der Waals surface area contributed by atoms with Crippen LogP contribution >= 0.6 is 31.9 Å². The fourth-order valence-corrected chi connectivity index (χ4v) is 6.09. The minimum absolute atomic E-state index is 0.318. The molecule has 0 aromatic heterocycles. The molecule has 5 heteroatoms. The lowest BCUT2D eigenvalue weighted by molar-refractivity contribution is -0.129. The normalized spacial score (nSPS) is 12.0. The van der Waals surface area contributed by atoms with E-state index >= 15 is 0 Å². The molecule has 0 saturated carbocycles. The molecule has 0 radical (unpaired) electrons. The van der Waals surface area contributed by atoms with Gasteiger partial charge in [0.25, 0.3) is 0 Å². The molecular weight excluding hydrogens is 664 g/mol. The van der Waals surface area contributed by atoms with Gasteiger partial charge in [0, 0.05) is 10.7 Å². The van der Waals surface area contributed by atoms with Crippen molar-refractivity contribution in [2.75, 3.05) is 37.5 Å². The molecule has 0 amide bonds. The van der Waals surface area contributed by atoms with Gasteiger partial charge in [0.15, 0.2) is 0 Å². The van der Waals surface area contributed by atoms with Gasteiger partial charge in [-0.15, -0.1) is 0 Å². The molecule has 0 aliphatic carbocycles. The summed E-state index contributed by atoms with van der Waals surface area (Å²) in [6.45, 7) is 2.07. The van der Waals surface area contributed by atoms with E-state index in [0.717, 1.165) is 12.8 Å². The quantitative estimate of drug-likeness (QED) is 0.0273. The Morgan fingerprint density at radius 1 is 0.279 bits per heavy atom. The van der Waals surface area contributed by atoms with Gasteiger partial charge >= 0.3 is 0 Å². The topological polar surface area (TPSA) is 27.7 Å². The molecule has 256 valence electrons. The lowest BCUT2D eigenvalue weighted by atomic mass is 10.0. The van der Waals surface area contributed by atoms with Crippen molar-refractivity contribution in [3.05, 3.63) is 24.3 Å². The van der Waals surface area contributed by atoms with Gasteiger partial charge in [0.1, 0.15) is 13.6 Å². The van der Waals surface area contributed by atoms with Crippen LogP contribution in [0.15, 0.2) is 24.3 Å². The molecule has 0 aromatic rings. The highest BCUT2D eigenvalue weighted by atomic mass is 79.9.